The summed E-state index contributed by atoms with van der Waals surface area (Å²) >= 11 is 0. The van der Waals surface area contributed by atoms with Crippen LogP contribution in [-0.4, -0.2) is 36.4 Å². The fourth-order valence-electron chi connectivity index (χ4n) is 2.36. The molecule has 3 atom stereocenters. The smallest absolute Gasteiger partial charge is 0.330 e. The Bertz CT molecular complexity index is 735. The molecule has 1 aromatic heterocycles. The van der Waals surface area contributed by atoms with E-state index >= 15 is 0 Å². The zero-order valence-corrected chi connectivity index (χ0v) is 12.8. The summed E-state index contributed by atoms with van der Waals surface area (Å²) in [5.41, 5.74) is -0.672. The van der Waals surface area contributed by atoms with Crippen molar-refractivity contribution in [1.82, 2.24) is 9.55 Å². The fraction of sp³-hybridized carbons (Fsp3) is 0.667. The van der Waals surface area contributed by atoms with Crippen molar-refractivity contribution in [3.8, 4) is 0 Å². The lowest BCUT2D eigenvalue weighted by Crippen LogP contribution is -2.33. The van der Waals surface area contributed by atoms with Crippen LogP contribution < -0.4 is 11.2 Å². The van der Waals surface area contributed by atoms with Crippen LogP contribution in [0.5, 0.6) is 0 Å². The van der Waals surface area contributed by atoms with E-state index in [-0.39, 0.29) is 6.42 Å². The number of nitrogens with zero attached hydrogens (tertiary/aromatic N) is 1. The number of aromatic amines is 1. The van der Waals surface area contributed by atoms with Gasteiger partial charge in [-0.2, -0.15) is 8.42 Å². The number of nitrogens with one attached hydrogen (secondary N) is 1. The Kier molecular flexibility index (Phi) is 4.35. The van der Waals surface area contributed by atoms with Gasteiger partial charge in [-0.3, -0.25) is 18.5 Å². The van der Waals surface area contributed by atoms with Crippen molar-refractivity contribution in [1.29, 1.82) is 0 Å². The predicted molar refractivity (Wildman–Crippen MR) is 74.6 cm³/mol. The summed E-state index contributed by atoms with van der Waals surface area (Å²) in [7, 11) is -3.61. The van der Waals surface area contributed by atoms with Crippen LogP contribution in [0.2, 0.25) is 0 Å². The number of rotatable bonds is 4. The SMILES string of the molecule is CC[C@H]1O[C@@H](n2cc(C)c(=O)[nH]c2=O)C[C@@H]1OS(C)(=O)=O. The first kappa shape index (κ1) is 15.9. The molecule has 21 heavy (non-hydrogen) atoms. The lowest BCUT2D eigenvalue weighted by Gasteiger charge is -2.15. The second-order valence-electron chi connectivity index (χ2n) is 5.09. The minimum Gasteiger partial charge on any atom is -0.352 e. The Hall–Kier alpha value is -1.45. The van der Waals surface area contributed by atoms with Crippen LogP contribution in [0.15, 0.2) is 15.8 Å². The molecule has 0 spiro atoms. The maximum absolute atomic E-state index is 11.8. The van der Waals surface area contributed by atoms with Gasteiger partial charge in [0.2, 0.25) is 0 Å². The van der Waals surface area contributed by atoms with E-state index in [2.05, 4.69) is 4.98 Å². The monoisotopic (exact) mass is 318 g/mol. The van der Waals surface area contributed by atoms with Gasteiger partial charge in [-0.1, -0.05) is 6.92 Å². The molecule has 1 N–H and O–H groups in total. The van der Waals surface area contributed by atoms with Gasteiger partial charge in [-0.15, -0.1) is 0 Å². The van der Waals surface area contributed by atoms with Crippen LogP contribution in [0.4, 0.5) is 0 Å². The van der Waals surface area contributed by atoms with Crippen LogP contribution in [0.25, 0.3) is 0 Å². The maximum atomic E-state index is 11.8. The quantitative estimate of drug-likeness (QED) is 0.776. The molecule has 0 aliphatic carbocycles. The summed E-state index contributed by atoms with van der Waals surface area (Å²) < 4.78 is 34.5. The van der Waals surface area contributed by atoms with E-state index < -0.39 is 39.8 Å². The Morgan fingerprint density at radius 1 is 1.48 bits per heavy atom. The summed E-state index contributed by atoms with van der Waals surface area (Å²) in [5.74, 6) is 0. The average molecular weight is 318 g/mol. The second-order valence-corrected chi connectivity index (χ2v) is 6.69. The molecule has 2 rings (SSSR count). The first-order valence-electron chi connectivity index (χ1n) is 6.57. The zero-order valence-electron chi connectivity index (χ0n) is 12.0. The van der Waals surface area contributed by atoms with Gasteiger partial charge in [-0.25, -0.2) is 4.79 Å². The third-order valence-corrected chi connectivity index (χ3v) is 3.93. The summed E-state index contributed by atoms with van der Waals surface area (Å²) in [6, 6.07) is 0. The highest BCUT2D eigenvalue weighted by atomic mass is 32.2. The number of aryl methyl sites for hydroxylation is 1. The largest absolute Gasteiger partial charge is 0.352 e. The van der Waals surface area contributed by atoms with E-state index in [1.807, 2.05) is 6.92 Å². The molecule has 0 saturated carbocycles. The van der Waals surface area contributed by atoms with Gasteiger partial charge in [-0.05, 0) is 13.3 Å². The van der Waals surface area contributed by atoms with E-state index in [1.165, 1.54) is 10.8 Å². The lowest BCUT2D eigenvalue weighted by molar-refractivity contribution is -0.0173. The Balaban J connectivity index is 2.29. The highest BCUT2D eigenvalue weighted by molar-refractivity contribution is 7.86. The standard InChI is InChI=1S/C12H18N2O6S/c1-4-8-9(20-21(3,17)18)5-10(19-8)14-6-7(2)11(15)13-12(14)16/h6,8-10H,4-5H2,1-3H3,(H,13,15,16)/t8-,9+,10-/m1/s1. The minimum absolute atomic E-state index is 0.219. The number of ether oxygens (including phenoxy) is 1. The lowest BCUT2D eigenvalue weighted by atomic mass is 10.1. The Morgan fingerprint density at radius 3 is 2.71 bits per heavy atom. The van der Waals surface area contributed by atoms with Crippen LogP contribution in [0.3, 0.4) is 0 Å². The van der Waals surface area contributed by atoms with Crippen LogP contribution in [0, 0.1) is 6.92 Å². The molecular weight excluding hydrogens is 300 g/mol. The molecular formula is C12H18N2O6S. The molecule has 0 bridgehead atoms. The molecule has 9 heteroatoms. The number of hydrogen-bond donors (Lipinski definition) is 1. The molecule has 1 saturated heterocycles. The maximum Gasteiger partial charge on any atom is 0.330 e. The molecule has 1 aliphatic heterocycles. The van der Waals surface area contributed by atoms with Gasteiger partial charge in [0.1, 0.15) is 12.3 Å². The van der Waals surface area contributed by atoms with E-state index in [9.17, 15) is 18.0 Å². The van der Waals surface area contributed by atoms with Crippen molar-refractivity contribution in [3.63, 3.8) is 0 Å². The molecule has 2 heterocycles. The Labute approximate surface area is 121 Å². The fourth-order valence-corrected chi connectivity index (χ4v) is 3.01. The number of aromatic nitrogens is 2. The predicted octanol–water partition coefficient (Wildman–Crippen LogP) is -0.113. The summed E-state index contributed by atoms with van der Waals surface area (Å²) in [4.78, 5) is 25.4. The van der Waals surface area contributed by atoms with E-state index in [1.54, 1.807) is 6.92 Å². The van der Waals surface area contributed by atoms with E-state index in [4.69, 9.17) is 8.92 Å². The van der Waals surface area contributed by atoms with Crippen molar-refractivity contribution < 1.29 is 17.3 Å². The first-order chi connectivity index (χ1) is 9.71. The van der Waals surface area contributed by atoms with Crippen molar-refractivity contribution in [2.24, 2.45) is 0 Å². The van der Waals surface area contributed by atoms with Gasteiger partial charge in [0, 0.05) is 18.2 Å². The molecule has 0 aromatic carbocycles. The second kappa shape index (κ2) is 5.74. The first-order valence-corrected chi connectivity index (χ1v) is 8.38. The third-order valence-electron chi connectivity index (χ3n) is 3.34. The summed E-state index contributed by atoms with van der Waals surface area (Å²) in [6.07, 6.45) is 1.41. The van der Waals surface area contributed by atoms with Crippen molar-refractivity contribution in [3.05, 3.63) is 32.6 Å². The van der Waals surface area contributed by atoms with Crippen molar-refractivity contribution in [2.75, 3.05) is 6.26 Å². The number of hydrogen-bond acceptors (Lipinski definition) is 6. The normalized spacial score (nSPS) is 26.1. The van der Waals surface area contributed by atoms with Crippen LogP contribution in [-0.2, 0) is 19.0 Å². The Morgan fingerprint density at radius 2 is 2.14 bits per heavy atom. The molecule has 118 valence electrons. The average Bonchev–Trinajstić information content (AvgIpc) is 2.74. The van der Waals surface area contributed by atoms with Gasteiger partial charge in [0.05, 0.1) is 12.4 Å². The highest BCUT2D eigenvalue weighted by Gasteiger charge is 2.38. The van der Waals surface area contributed by atoms with Crippen molar-refractivity contribution >= 4 is 10.1 Å². The topological polar surface area (TPSA) is 107 Å². The molecule has 1 aliphatic rings. The van der Waals surface area contributed by atoms with Crippen LogP contribution in [0.1, 0.15) is 31.6 Å². The van der Waals surface area contributed by atoms with E-state index in [0.29, 0.717) is 12.0 Å². The minimum atomic E-state index is -3.61. The molecule has 1 fully saturated rings. The van der Waals surface area contributed by atoms with Gasteiger partial charge < -0.3 is 4.74 Å². The molecule has 8 nitrogen and oxygen atoms in total. The van der Waals surface area contributed by atoms with Gasteiger partial charge in [0.15, 0.2) is 0 Å². The summed E-state index contributed by atoms with van der Waals surface area (Å²) in [5, 5.41) is 0. The third kappa shape index (κ3) is 3.60. The van der Waals surface area contributed by atoms with Crippen LogP contribution >= 0.6 is 0 Å². The highest BCUT2D eigenvalue weighted by Crippen LogP contribution is 2.32. The molecule has 1 aromatic rings. The van der Waals surface area contributed by atoms with Gasteiger partial charge in [0.25, 0.3) is 15.7 Å². The summed E-state index contributed by atoms with van der Waals surface area (Å²) in [6.45, 7) is 3.41. The number of H-pyrrole nitrogens is 1. The molecule has 0 amide bonds. The van der Waals surface area contributed by atoms with E-state index in [0.717, 1.165) is 6.26 Å². The molecule has 0 radical (unpaired) electrons. The molecule has 0 unspecified atom stereocenters. The zero-order chi connectivity index (χ0) is 15.8. The van der Waals surface area contributed by atoms with Crippen molar-refractivity contribution in [2.45, 2.75) is 45.1 Å². The van der Waals surface area contributed by atoms with Gasteiger partial charge >= 0.3 is 5.69 Å².